The van der Waals surface area contributed by atoms with Crippen molar-refractivity contribution in [3.8, 4) is 0 Å². The lowest BCUT2D eigenvalue weighted by Crippen LogP contribution is -2.18. The summed E-state index contributed by atoms with van der Waals surface area (Å²) >= 11 is 0. The van der Waals surface area contributed by atoms with E-state index in [4.69, 9.17) is 4.98 Å². The van der Waals surface area contributed by atoms with Gasteiger partial charge < -0.3 is 15.3 Å². The third-order valence-corrected chi connectivity index (χ3v) is 5.76. The summed E-state index contributed by atoms with van der Waals surface area (Å²) in [5.41, 5.74) is 4.17. The lowest BCUT2D eigenvalue weighted by molar-refractivity contribution is 0.102. The van der Waals surface area contributed by atoms with Gasteiger partial charge in [0.05, 0.1) is 28.1 Å². The quantitative estimate of drug-likeness (QED) is 0.501. The number of benzene rings is 2. The van der Waals surface area contributed by atoms with Crippen molar-refractivity contribution in [3.05, 3.63) is 58.3 Å². The number of aryl methyl sites for hydroxylation is 1. The van der Waals surface area contributed by atoms with Crippen LogP contribution in [-0.4, -0.2) is 43.9 Å². The van der Waals surface area contributed by atoms with E-state index < -0.39 is 0 Å². The number of imidazole rings is 2. The number of fused-ring (bicyclic) bond motifs is 2. The number of carbonyl (C=O) groups excluding carboxylic acids is 1. The molecule has 1 aliphatic rings. The summed E-state index contributed by atoms with van der Waals surface area (Å²) in [5.74, 6) is 0.744. The van der Waals surface area contributed by atoms with Crippen LogP contribution in [-0.2, 0) is 7.05 Å². The summed E-state index contributed by atoms with van der Waals surface area (Å²) in [5, 5.41) is 2.93. The van der Waals surface area contributed by atoms with E-state index in [2.05, 4.69) is 27.2 Å². The van der Waals surface area contributed by atoms with Crippen molar-refractivity contribution in [2.24, 2.45) is 7.05 Å². The molecule has 1 atom stereocenters. The second-order valence-electron chi connectivity index (χ2n) is 7.67. The molecule has 0 spiro atoms. The molecule has 0 saturated carbocycles. The van der Waals surface area contributed by atoms with Crippen molar-refractivity contribution in [2.75, 3.05) is 18.9 Å². The van der Waals surface area contributed by atoms with Gasteiger partial charge in [0.2, 0.25) is 0 Å². The van der Waals surface area contributed by atoms with Crippen LogP contribution in [0.2, 0.25) is 0 Å². The zero-order valence-corrected chi connectivity index (χ0v) is 16.3. The Bertz CT molecular complexity index is 1300. The SMILES string of the molecule is CN1CCC[C@@H]1c1nc2ccc(NC(=O)c3ccc4c(c3)[nH]c(=O)n4C)cc2[nH]1. The fourth-order valence-electron chi connectivity index (χ4n) is 4.10. The van der Waals surface area contributed by atoms with Crippen molar-refractivity contribution in [2.45, 2.75) is 18.9 Å². The first-order chi connectivity index (χ1) is 14.0. The summed E-state index contributed by atoms with van der Waals surface area (Å²) in [6.45, 7) is 1.08. The van der Waals surface area contributed by atoms with Crippen LogP contribution in [0.3, 0.4) is 0 Å². The third kappa shape index (κ3) is 3.01. The molecule has 148 valence electrons. The summed E-state index contributed by atoms with van der Waals surface area (Å²) in [7, 11) is 3.81. The van der Waals surface area contributed by atoms with Gasteiger partial charge in [0, 0.05) is 18.3 Å². The molecule has 1 fully saturated rings. The molecule has 3 N–H and O–H groups in total. The number of hydrogen-bond donors (Lipinski definition) is 3. The molecule has 2 aromatic carbocycles. The van der Waals surface area contributed by atoms with Gasteiger partial charge in [0.1, 0.15) is 5.82 Å². The first kappa shape index (κ1) is 17.7. The number of carbonyl (C=O) groups is 1. The molecule has 0 aliphatic carbocycles. The van der Waals surface area contributed by atoms with Gasteiger partial charge in [-0.05, 0) is 62.8 Å². The highest BCUT2D eigenvalue weighted by atomic mass is 16.2. The Hall–Kier alpha value is -3.39. The van der Waals surface area contributed by atoms with Crippen LogP contribution in [0.25, 0.3) is 22.1 Å². The molecule has 4 aromatic rings. The average molecular weight is 390 g/mol. The number of aromatic amines is 2. The number of rotatable bonds is 3. The van der Waals surface area contributed by atoms with E-state index in [-0.39, 0.29) is 11.6 Å². The Kier molecular flexibility index (Phi) is 4.02. The van der Waals surface area contributed by atoms with Gasteiger partial charge in [0.25, 0.3) is 5.91 Å². The molecule has 3 heterocycles. The fraction of sp³-hybridized carbons (Fsp3) is 0.286. The minimum Gasteiger partial charge on any atom is -0.341 e. The molecule has 29 heavy (non-hydrogen) atoms. The summed E-state index contributed by atoms with van der Waals surface area (Å²) in [6.07, 6.45) is 2.28. The van der Waals surface area contributed by atoms with E-state index >= 15 is 0 Å². The predicted octanol–water partition coefficient (Wildman–Crippen LogP) is 2.76. The Labute approximate surface area is 166 Å². The Morgan fingerprint density at radius 3 is 2.79 bits per heavy atom. The smallest absolute Gasteiger partial charge is 0.326 e. The van der Waals surface area contributed by atoms with Crippen molar-refractivity contribution in [3.63, 3.8) is 0 Å². The second kappa shape index (κ2) is 6.59. The van der Waals surface area contributed by atoms with Gasteiger partial charge in [-0.25, -0.2) is 9.78 Å². The molecular formula is C21H22N6O2. The Morgan fingerprint density at radius 1 is 1.14 bits per heavy atom. The molecule has 0 radical (unpaired) electrons. The van der Waals surface area contributed by atoms with Gasteiger partial charge in [-0.1, -0.05) is 0 Å². The van der Waals surface area contributed by atoms with Crippen LogP contribution in [0.5, 0.6) is 0 Å². The van der Waals surface area contributed by atoms with Gasteiger partial charge in [-0.3, -0.25) is 14.3 Å². The molecule has 8 nitrogen and oxygen atoms in total. The van der Waals surface area contributed by atoms with Gasteiger partial charge in [-0.15, -0.1) is 0 Å². The standard InChI is InChI=1S/C21H22N6O2/c1-26-9-3-4-18(26)19-23-14-7-6-13(11-15(14)24-19)22-20(28)12-5-8-17-16(10-12)25-21(29)27(17)2/h5-8,10-11,18H,3-4,9H2,1-2H3,(H,22,28)(H,23,24)(H,25,29)/t18-/m1/s1. The highest BCUT2D eigenvalue weighted by Gasteiger charge is 2.25. The van der Waals surface area contributed by atoms with Crippen molar-refractivity contribution in [1.82, 2.24) is 24.4 Å². The van der Waals surface area contributed by atoms with Crippen LogP contribution < -0.4 is 11.0 Å². The van der Waals surface area contributed by atoms with E-state index in [1.54, 1.807) is 25.2 Å². The van der Waals surface area contributed by atoms with E-state index in [1.165, 1.54) is 11.0 Å². The average Bonchev–Trinajstić information content (AvgIpc) is 3.38. The van der Waals surface area contributed by atoms with Crippen molar-refractivity contribution >= 4 is 33.7 Å². The third-order valence-electron chi connectivity index (χ3n) is 5.76. The second-order valence-corrected chi connectivity index (χ2v) is 7.67. The van der Waals surface area contributed by atoms with Crippen LogP contribution in [0.4, 0.5) is 5.69 Å². The predicted molar refractivity (Wildman–Crippen MR) is 112 cm³/mol. The number of aromatic nitrogens is 4. The molecule has 1 amide bonds. The lowest BCUT2D eigenvalue weighted by atomic mass is 10.1. The number of amides is 1. The van der Waals surface area contributed by atoms with Crippen LogP contribution in [0, 0.1) is 0 Å². The lowest BCUT2D eigenvalue weighted by Gasteiger charge is -2.16. The highest BCUT2D eigenvalue weighted by Crippen LogP contribution is 2.30. The normalized spacial score (nSPS) is 17.4. The van der Waals surface area contributed by atoms with E-state index in [1.807, 2.05) is 18.2 Å². The fourth-order valence-corrected chi connectivity index (χ4v) is 4.10. The Balaban J connectivity index is 1.40. The number of anilines is 1. The van der Waals surface area contributed by atoms with Crippen molar-refractivity contribution in [1.29, 1.82) is 0 Å². The largest absolute Gasteiger partial charge is 0.341 e. The minimum atomic E-state index is -0.230. The first-order valence-corrected chi connectivity index (χ1v) is 9.69. The molecule has 1 saturated heterocycles. The molecule has 2 aromatic heterocycles. The van der Waals surface area contributed by atoms with Gasteiger partial charge >= 0.3 is 5.69 Å². The van der Waals surface area contributed by atoms with Crippen LogP contribution in [0.15, 0.2) is 41.2 Å². The maximum Gasteiger partial charge on any atom is 0.326 e. The summed E-state index contributed by atoms with van der Waals surface area (Å²) < 4.78 is 1.52. The van der Waals surface area contributed by atoms with Crippen molar-refractivity contribution < 1.29 is 4.79 Å². The monoisotopic (exact) mass is 390 g/mol. The highest BCUT2D eigenvalue weighted by molar-refractivity contribution is 6.06. The first-order valence-electron chi connectivity index (χ1n) is 9.69. The van der Waals surface area contributed by atoms with E-state index in [0.717, 1.165) is 35.3 Å². The molecule has 8 heteroatoms. The number of likely N-dealkylation sites (tertiary alicyclic amines) is 1. The molecule has 5 rings (SSSR count). The zero-order chi connectivity index (χ0) is 20.1. The minimum absolute atomic E-state index is 0.203. The molecule has 0 bridgehead atoms. The van der Waals surface area contributed by atoms with Crippen LogP contribution >= 0.6 is 0 Å². The van der Waals surface area contributed by atoms with E-state index in [0.29, 0.717) is 22.8 Å². The van der Waals surface area contributed by atoms with Crippen LogP contribution in [0.1, 0.15) is 35.1 Å². The Morgan fingerprint density at radius 2 is 2.00 bits per heavy atom. The van der Waals surface area contributed by atoms with Gasteiger partial charge in [-0.2, -0.15) is 0 Å². The molecule has 1 aliphatic heterocycles. The number of hydrogen-bond acceptors (Lipinski definition) is 4. The summed E-state index contributed by atoms with van der Waals surface area (Å²) in [6, 6.07) is 11.2. The zero-order valence-electron chi connectivity index (χ0n) is 16.3. The van der Waals surface area contributed by atoms with E-state index in [9.17, 15) is 9.59 Å². The topological polar surface area (TPSA) is 98.8 Å². The molecule has 0 unspecified atom stereocenters. The number of H-pyrrole nitrogens is 2. The maximum atomic E-state index is 12.7. The van der Waals surface area contributed by atoms with Gasteiger partial charge in [0.15, 0.2) is 0 Å². The summed E-state index contributed by atoms with van der Waals surface area (Å²) in [4.78, 5) is 37.6. The maximum absolute atomic E-state index is 12.7. The molecular weight excluding hydrogens is 368 g/mol. The number of nitrogens with zero attached hydrogens (tertiary/aromatic N) is 3. The number of nitrogens with one attached hydrogen (secondary N) is 3.